The van der Waals surface area contributed by atoms with Gasteiger partial charge in [-0.25, -0.2) is 4.98 Å². The molecule has 1 aromatic heterocycles. The molecule has 1 heterocycles. The lowest BCUT2D eigenvalue weighted by atomic mass is 9.98. The van der Waals surface area contributed by atoms with Crippen LogP contribution < -0.4 is 10.6 Å². The van der Waals surface area contributed by atoms with Crippen molar-refractivity contribution in [2.24, 2.45) is 0 Å². The van der Waals surface area contributed by atoms with Crippen LogP contribution in [0.1, 0.15) is 42.1 Å². The average molecular weight is 464 g/mol. The summed E-state index contributed by atoms with van der Waals surface area (Å²) in [6.07, 6.45) is 1.08. The molecule has 0 fully saturated rings. The van der Waals surface area contributed by atoms with Crippen LogP contribution in [0.25, 0.3) is 22.6 Å². The normalized spacial score (nSPS) is 11.8. The van der Waals surface area contributed by atoms with E-state index in [4.69, 9.17) is 28.2 Å². The maximum atomic E-state index is 12.3. The van der Waals surface area contributed by atoms with Crippen molar-refractivity contribution in [3.63, 3.8) is 0 Å². The number of aromatic nitrogens is 1. The zero-order chi connectivity index (χ0) is 22.7. The lowest BCUT2D eigenvalue weighted by Gasteiger charge is -2.10. The second kappa shape index (κ2) is 9.51. The monoisotopic (exact) mass is 463 g/mol. The molecular formula is C25H22ClN3O2S. The molecule has 0 saturated carbocycles. The number of anilines is 1. The molecule has 4 rings (SSSR count). The molecule has 0 saturated heterocycles. The molecule has 0 aliphatic carbocycles. The highest BCUT2D eigenvalue weighted by Gasteiger charge is 2.12. The Bertz CT molecular complexity index is 1270. The molecule has 1 atom stereocenters. The summed E-state index contributed by atoms with van der Waals surface area (Å²) < 4.78 is 5.93. The molecule has 0 unspecified atom stereocenters. The van der Waals surface area contributed by atoms with Crippen molar-refractivity contribution >= 4 is 51.6 Å². The first-order valence-electron chi connectivity index (χ1n) is 10.3. The van der Waals surface area contributed by atoms with Crippen LogP contribution in [0, 0.1) is 0 Å². The van der Waals surface area contributed by atoms with E-state index in [0.29, 0.717) is 22.4 Å². The van der Waals surface area contributed by atoms with Crippen molar-refractivity contribution in [2.45, 2.75) is 26.2 Å². The first-order chi connectivity index (χ1) is 15.4. The number of oxazole rings is 1. The van der Waals surface area contributed by atoms with Gasteiger partial charge in [0, 0.05) is 21.8 Å². The second-order valence-electron chi connectivity index (χ2n) is 7.55. The molecule has 0 radical (unpaired) electrons. The summed E-state index contributed by atoms with van der Waals surface area (Å²) in [6.45, 7) is 4.38. The van der Waals surface area contributed by atoms with Crippen molar-refractivity contribution < 1.29 is 9.21 Å². The predicted octanol–water partition coefficient (Wildman–Crippen LogP) is 6.79. The highest BCUT2D eigenvalue weighted by atomic mass is 35.5. The van der Waals surface area contributed by atoms with E-state index in [-0.39, 0.29) is 11.0 Å². The third kappa shape index (κ3) is 4.98. The number of hydrogen-bond donors (Lipinski definition) is 2. The number of carbonyl (C=O) groups excluding carboxylic acids is 1. The Kier molecular flexibility index (Phi) is 6.53. The topological polar surface area (TPSA) is 67.2 Å². The van der Waals surface area contributed by atoms with Gasteiger partial charge in [-0.1, -0.05) is 31.5 Å². The van der Waals surface area contributed by atoms with E-state index in [0.717, 1.165) is 28.8 Å². The number of fused-ring (bicyclic) bond motifs is 1. The molecule has 162 valence electrons. The van der Waals surface area contributed by atoms with E-state index >= 15 is 0 Å². The molecule has 0 bridgehead atoms. The molecule has 0 aliphatic heterocycles. The largest absolute Gasteiger partial charge is 0.436 e. The Labute approximate surface area is 196 Å². The maximum Gasteiger partial charge on any atom is 0.257 e. The average Bonchev–Trinajstić information content (AvgIpc) is 3.22. The van der Waals surface area contributed by atoms with Gasteiger partial charge < -0.3 is 9.73 Å². The first-order valence-corrected chi connectivity index (χ1v) is 11.1. The summed E-state index contributed by atoms with van der Waals surface area (Å²) in [5.41, 5.74) is 4.94. The molecule has 0 aliphatic rings. The Morgan fingerprint density at radius 2 is 1.81 bits per heavy atom. The van der Waals surface area contributed by atoms with Gasteiger partial charge in [-0.05, 0) is 90.8 Å². The fourth-order valence-corrected chi connectivity index (χ4v) is 3.58. The minimum atomic E-state index is -0.306. The zero-order valence-electron chi connectivity index (χ0n) is 17.7. The van der Waals surface area contributed by atoms with E-state index < -0.39 is 0 Å². The number of hydrogen-bond acceptors (Lipinski definition) is 4. The number of nitrogens with zero attached hydrogens (tertiary/aromatic N) is 1. The first kappa shape index (κ1) is 22.0. The fraction of sp³-hybridized carbons (Fsp3) is 0.160. The van der Waals surface area contributed by atoms with Gasteiger partial charge in [0.1, 0.15) is 5.52 Å². The molecule has 4 aromatic rings. The molecule has 7 heteroatoms. The van der Waals surface area contributed by atoms with E-state index in [1.54, 1.807) is 24.3 Å². The minimum Gasteiger partial charge on any atom is -0.436 e. The van der Waals surface area contributed by atoms with Crippen LogP contribution in [-0.2, 0) is 0 Å². The Morgan fingerprint density at radius 3 is 2.50 bits per heavy atom. The number of nitrogens with one attached hydrogen (secondary N) is 2. The van der Waals surface area contributed by atoms with Gasteiger partial charge >= 0.3 is 0 Å². The summed E-state index contributed by atoms with van der Waals surface area (Å²) in [7, 11) is 0. The molecule has 5 nitrogen and oxygen atoms in total. The van der Waals surface area contributed by atoms with Crippen molar-refractivity contribution in [1.29, 1.82) is 0 Å². The standard InChI is InChI=1S/C25H22ClN3O2S/c1-3-15(2)18-8-13-22-21(14-18)28-24(31-22)17-6-11-20(12-7-17)27-25(32)29-23(30)16-4-9-19(26)10-5-16/h4-15H,3H2,1-2H3,(H2,27,29,30,32)/t15-/m0/s1. The molecular weight excluding hydrogens is 442 g/mol. The Morgan fingerprint density at radius 1 is 1.09 bits per heavy atom. The van der Waals surface area contributed by atoms with Gasteiger partial charge in [0.2, 0.25) is 5.89 Å². The van der Waals surface area contributed by atoms with Gasteiger partial charge in [0.15, 0.2) is 10.7 Å². The molecule has 0 spiro atoms. The van der Waals surface area contributed by atoms with Crippen LogP contribution in [0.2, 0.25) is 5.02 Å². The van der Waals surface area contributed by atoms with Gasteiger partial charge in [0.25, 0.3) is 5.91 Å². The highest BCUT2D eigenvalue weighted by molar-refractivity contribution is 7.80. The number of amides is 1. The molecule has 2 N–H and O–H groups in total. The van der Waals surface area contributed by atoms with Crippen LogP contribution in [0.4, 0.5) is 5.69 Å². The van der Waals surface area contributed by atoms with Crippen molar-refractivity contribution in [2.75, 3.05) is 5.32 Å². The fourth-order valence-electron chi connectivity index (χ4n) is 3.25. The number of rotatable bonds is 5. The van der Waals surface area contributed by atoms with E-state index in [1.165, 1.54) is 5.56 Å². The van der Waals surface area contributed by atoms with Gasteiger partial charge in [0.05, 0.1) is 0 Å². The summed E-state index contributed by atoms with van der Waals surface area (Å²) in [5.74, 6) is 0.736. The predicted molar refractivity (Wildman–Crippen MR) is 133 cm³/mol. The zero-order valence-corrected chi connectivity index (χ0v) is 19.3. The third-order valence-corrected chi connectivity index (χ3v) is 5.77. The number of thiocarbonyl (C=S) groups is 1. The minimum absolute atomic E-state index is 0.206. The van der Waals surface area contributed by atoms with Gasteiger partial charge in [-0.15, -0.1) is 0 Å². The second-order valence-corrected chi connectivity index (χ2v) is 8.39. The third-order valence-electron chi connectivity index (χ3n) is 5.32. The smallest absolute Gasteiger partial charge is 0.257 e. The van der Waals surface area contributed by atoms with Crippen molar-refractivity contribution in [1.82, 2.24) is 10.3 Å². The number of benzene rings is 3. The quantitative estimate of drug-likeness (QED) is 0.319. The lowest BCUT2D eigenvalue weighted by Crippen LogP contribution is -2.34. The van der Waals surface area contributed by atoms with Crippen LogP contribution in [-0.4, -0.2) is 16.0 Å². The summed E-state index contributed by atoms with van der Waals surface area (Å²) >= 11 is 11.1. The Balaban J connectivity index is 1.43. The van der Waals surface area contributed by atoms with E-state index in [9.17, 15) is 4.79 Å². The SMILES string of the molecule is CC[C@H](C)c1ccc2oc(-c3ccc(NC(=S)NC(=O)c4ccc(Cl)cc4)cc3)nc2c1. The lowest BCUT2D eigenvalue weighted by molar-refractivity contribution is 0.0977. The van der Waals surface area contributed by atoms with Crippen molar-refractivity contribution in [3.05, 3.63) is 82.9 Å². The van der Waals surface area contributed by atoms with Crippen LogP contribution in [0.3, 0.4) is 0 Å². The summed E-state index contributed by atoms with van der Waals surface area (Å²) in [5, 5.41) is 6.44. The van der Waals surface area contributed by atoms with Gasteiger partial charge in [-0.2, -0.15) is 0 Å². The van der Waals surface area contributed by atoms with Crippen LogP contribution in [0.15, 0.2) is 71.1 Å². The number of carbonyl (C=O) groups is 1. The number of halogens is 1. The maximum absolute atomic E-state index is 12.3. The Hall–Kier alpha value is -3.22. The van der Waals surface area contributed by atoms with Gasteiger partial charge in [-0.3, -0.25) is 10.1 Å². The van der Waals surface area contributed by atoms with Crippen LogP contribution in [0.5, 0.6) is 0 Å². The van der Waals surface area contributed by atoms with E-state index in [2.05, 4.69) is 41.6 Å². The van der Waals surface area contributed by atoms with E-state index in [1.807, 2.05) is 30.3 Å². The molecule has 1 amide bonds. The highest BCUT2D eigenvalue weighted by Crippen LogP contribution is 2.28. The molecule has 32 heavy (non-hydrogen) atoms. The summed E-state index contributed by atoms with van der Waals surface area (Å²) in [4.78, 5) is 16.9. The molecule has 3 aromatic carbocycles. The summed E-state index contributed by atoms with van der Waals surface area (Å²) in [6, 6.07) is 20.3. The van der Waals surface area contributed by atoms with Crippen molar-refractivity contribution in [3.8, 4) is 11.5 Å². The van der Waals surface area contributed by atoms with Crippen LogP contribution >= 0.6 is 23.8 Å².